The molecule has 12 atom stereocenters. The van der Waals surface area contributed by atoms with E-state index in [9.17, 15) is 77.3 Å². The van der Waals surface area contributed by atoms with Crippen LogP contribution < -0.4 is 75.7 Å². The number of nitrogens with two attached hydrogens (primary N) is 3. The Morgan fingerprint density at radius 1 is 0.646 bits per heavy atom. The molecule has 3 aromatic rings. The van der Waals surface area contributed by atoms with Crippen molar-refractivity contribution in [3.8, 4) is 0 Å². The number of amides is 13. The first kappa shape index (κ1) is 76.5. The highest BCUT2D eigenvalue weighted by Gasteiger charge is 2.41. The smallest absolute Gasteiger partial charge is 0.303 e. The number of unbranched alkanes of at least 4 members (excludes halogenated alkanes) is 1. The van der Waals surface area contributed by atoms with Crippen molar-refractivity contribution in [2.75, 3.05) is 49.3 Å². The number of aliphatic carboxylic acids is 1. The molecule has 0 saturated carbocycles. The van der Waals surface area contributed by atoms with E-state index in [-0.39, 0.29) is 81.0 Å². The number of nitrogens with one attached hydrogen (secondary N) is 13. The number of aromatic nitrogens is 4. The van der Waals surface area contributed by atoms with E-state index in [1.807, 2.05) is 0 Å². The fourth-order valence-electron chi connectivity index (χ4n) is 9.90. The second-order valence-corrected chi connectivity index (χ2v) is 27.6. The maximum absolute atomic E-state index is 14.8. The lowest BCUT2D eigenvalue weighted by Gasteiger charge is -2.30. The van der Waals surface area contributed by atoms with Gasteiger partial charge in [-0.3, -0.25) is 67.1 Å². The molecule has 96 heavy (non-hydrogen) atoms. The van der Waals surface area contributed by atoms with Crippen molar-refractivity contribution in [3.05, 3.63) is 72.3 Å². The molecule has 35 nitrogen and oxygen atoms in total. The van der Waals surface area contributed by atoms with Gasteiger partial charge >= 0.3 is 5.97 Å². The number of carboxylic acids is 1. The zero-order valence-corrected chi connectivity index (χ0v) is 55.4. The zero-order valence-electron chi connectivity index (χ0n) is 52.2. The SMILES string of the molecule is C[C@@H]1NC(=O)[C@@H]2CCCN2C(=O)[C@H](Cc2cnc[nH]2)NC(=O)[C@@H]2CSSC[C@@H](C(N)=O)NC(=O)C(CO)NC(=O)C(Cc3ccccc3)NC(=O)[C@H](Cc3cnc[nH]3)NC(=O)[C@H](CCCCN)NC(=O)CNC(=O)[C@H](CSSC[C@H](NC(=O)[C@@H](N)CCC(=O)O)C(=O)N2)NC1=O. The van der Waals surface area contributed by atoms with Crippen LogP contribution in [0.4, 0.5) is 0 Å². The number of carbonyl (C=O) groups is 14. The highest BCUT2D eigenvalue weighted by molar-refractivity contribution is 8.77. The molecule has 5 heterocycles. The van der Waals surface area contributed by atoms with Crippen molar-refractivity contribution in [2.45, 2.75) is 144 Å². The van der Waals surface area contributed by atoms with Crippen LogP contribution in [0.15, 0.2) is 55.4 Å². The summed E-state index contributed by atoms with van der Waals surface area (Å²) in [5, 5.41) is 48.0. The predicted molar refractivity (Wildman–Crippen MR) is 351 cm³/mol. The van der Waals surface area contributed by atoms with Gasteiger partial charge in [0, 0.05) is 79.0 Å². The maximum atomic E-state index is 14.8. The third-order valence-corrected chi connectivity index (χ3v) is 20.1. The van der Waals surface area contributed by atoms with E-state index in [0.29, 0.717) is 29.8 Å². The number of carbonyl (C=O) groups excluding carboxylic acids is 13. The van der Waals surface area contributed by atoms with Gasteiger partial charge in [-0.05, 0) is 57.6 Å². The van der Waals surface area contributed by atoms with Crippen LogP contribution in [-0.4, -0.2) is 240 Å². The lowest BCUT2D eigenvalue weighted by Crippen LogP contribution is -2.61. The summed E-state index contributed by atoms with van der Waals surface area (Å²) in [5.74, 6) is -15.1. The minimum absolute atomic E-state index is 0.0144. The van der Waals surface area contributed by atoms with Crippen LogP contribution in [0.2, 0.25) is 0 Å². The maximum Gasteiger partial charge on any atom is 0.303 e. The lowest BCUT2D eigenvalue weighted by molar-refractivity contribution is -0.142. The van der Waals surface area contributed by atoms with E-state index >= 15 is 0 Å². The average Bonchev–Trinajstić information content (AvgIpc) is 1.60. The molecule has 2 aromatic heterocycles. The first-order valence-electron chi connectivity index (χ1n) is 30.6. The molecule has 1 aromatic carbocycles. The summed E-state index contributed by atoms with van der Waals surface area (Å²) in [7, 11) is 3.48. The highest BCUT2D eigenvalue weighted by atomic mass is 33.1. The zero-order chi connectivity index (χ0) is 69.8. The van der Waals surface area contributed by atoms with E-state index in [2.05, 4.69) is 78.4 Å². The number of imidazole rings is 2. The van der Waals surface area contributed by atoms with Gasteiger partial charge in [-0.1, -0.05) is 73.5 Å². The number of fused-ring (bicyclic) bond motifs is 9. The van der Waals surface area contributed by atoms with E-state index < -0.39 is 175 Å². The number of hydrogen-bond donors (Lipinski definition) is 18. The summed E-state index contributed by atoms with van der Waals surface area (Å²) in [6.07, 6.45) is 4.85. The number of aliphatic hydroxyl groups is 1. The third kappa shape index (κ3) is 24.3. The molecule has 6 rings (SSSR count). The summed E-state index contributed by atoms with van der Waals surface area (Å²) >= 11 is 0. The summed E-state index contributed by atoms with van der Waals surface area (Å²) in [6.45, 7) is -0.331. The van der Waals surface area contributed by atoms with E-state index in [1.165, 1.54) is 36.9 Å². The number of H-pyrrole nitrogens is 2. The minimum Gasteiger partial charge on any atom is -0.481 e. The molecular formula is C57H81N19O16S4. The Bertz CT molecular complexity index is 3200. The number of hydrogen-bond acceptors (Lipinski definition) is 23. The number of carboxylic acid groups (broad SMARTS) is 1. The standard InChI is InChI=1S/C57H81N19O16S4/c1-29-47(82)73-40-24-94-96-25-41(74-48(83)33(59)12-13-45(79)80)55(90)75-42(54(89)70-37(18-32-20-62-28-65-32)57(92)76-15-7-11-43(76)56(91)66-29)26-95-93-23-39(46(60)81)72-53(88)38(22-77)71-51(86)35(16-30-8-3-2-4-9-30)68-52(87)36(17-31-19-61-27-64-31)69-50(85)34(10-5-6-14-58)67-44(78)21-63-49(40)84/h2-4,8-9,19-20,27-29,33-43,77H,5-7,10-18,21-26,58-59H2,1H3,(H2,60,81)(H,61,64)(H,62,65)(H,63,84)(H,66,91)(H,67,78)(H,68,87)(H,69,85)(H,70,89)(H,71,86)(H,72,88)(H,73,82)(H,74,83)(H,75,90)(H,79,80)/t29-,33-,34-,35?,36-,37-,38?,39-,40-,41-,42-,43-/m0/s1. The van der Waals surface area contributed by atoms with Crippen LogP contribution in [0.5, 0.6) is 0 Å². The summed E-state index contributed by atoms with van der Waals surface area (Å²) < 4.78 is 0. The van der Waals surface area contributed by atoms with Crippen molar-refractivity contribution >= 4 is 126 Å². The monoisotopic (exact) mass is 1420 g/mol. The molecule has 3 aliphatic heterocycles. The predicted octanol–water partition coefficient (Wildman–Crippen LogP) is -6.28. The molecular weight excluding hydrogens is 1340 g/mol. The normalized spacial score (nSPS) is 26.1. The molecule has 3 fully saturated rings. The van der Waals surface area contributed by atoms with Crippen LogP contribution in [0.25, 0.3) is 0 Å². The Morgan fingerprint density at radius 3 is 1.83 bits per heavy atom. The molecule has 0 radical (unpaired) electrons. The van der Waals surface area contributed by atoms with Crippen molar-refractivity contribution < 1.29 is 77.3 Å². The van der Waals surface area contributed by atoms with Gasteiger partial charge in [0.05, 0.1) is 31.8 Å². The fourth-order valence-corrected chi connectivity index (χ4v) is 14.6. The second-order valence-electron chi connectivity index (χ2n) is 22.5. The summed E-state index contributed by atoms with van der Waals surface area (Å²) in [6, 6.07) is -9.69. The van der Waals surface area contributed by atoms with Crippen molar-refractivity contribution in [1.29, 1.82) is 0 Å². The topological polar surface area (TPSA) is 550 Å². The van der Waals surface area contributed by atoms with Crippen LogP contribution in [0.1, 0.15) is 68.8 Å². The molecule has 0 aliphatic carbocycles. The second kappa shape index (κ2) is 38.9. The summed E-state index contributed by atoms with van der Waals surface area (Å²) in [5.41, 5.74) is 18.9. The number of aliphatic hydroxyl groups excluding tert-OH is 1. The first-order chi connectivity index (χ1) is 45.9. The van der Waals surface area contributed by atoms with Crippen LogP contribution in [0.3, 0.4) is 0 Å². The van der Waals surface area contributed by atoms with Crippen LogP contribution in [-0.2, 0) is 86.4 Å². The van der Waals surface area contributed by atoms with Gasteiger partial charge in [-0.15, -0.1) is 0 Å². The van der Waals surface area contributed by atoms with Crippen LogP contribution >= 0.6 is 43.2 Å². The Balaban J connectivity index is 1.42. The average molecular weight is 1420 g/mol. The quantitative estimate of drug-likeness (QED) is 0.0442. The van der Waals surface area contributed by atoms with E-state index in [0.717, 1.165) is 43.2 Å². The number of primary amides is 1. The molecule has 21 N–H and O–H groups in total. The number of rotatable bonds is 17. The number of nitrogens with zero attached hydrogens (tertiary/aromatic N) is 3. The fraction of sp³-hybridized carbons (Fsp3) is 0.544. The third-order valence-electron chi connectivity index (χ3n) is 15.2. The summed E-state index contributed by atoms with van der Waals surface area (Å²) in [4.78, 5) is 211. The van der Waals surface area contributed by atoms with Gasteiger partial charge in [0.15, 0.2) is 0 Å². The molecule has 3 aliphatic rings. The van der Waals surface area contributed by atoms with Gasteiger partial charge in [-0.25, -0.2) is 9.97 Å². The van der Waals surface area contributed by atoms with Gasteiger partial charge in [0.25, 0.3) is 0 Å². The Kier molecular flexibility index (Phi) is 31.0. The van der Waals surface area contributed by atoms with Gasteiger partial charge in [0.2, 0.25) is 76.8 Å². The first-order valence-corrected chi connectivity index (χ1v) is 35.6. The Morgan fingerprint density at radius 2 is 1.22 bits per heavy atom. The molecule has 39 heteroatoms. The van der Waals surface area contributed by atoms with E-state index in [1.54, 1.807) is 30.3 Å². The van der Waals surface area contributed by atoms with Crippen molar-refractivity contribution in [3.63, 3.8) is 0 Å². The van der Waals surface area contributed by atoms with Crippen LogP contribution in [0, 0.1) is 0 Å². The largest absolute Gasteiger partial charge is 0.481 e. The Labute approximate surface area is 566 Å². The van der Waals surface area contributed by atoms with Gasteiger partial charge in [0.1, 0.15) is 66.5 Å². The highest BCUT2D eigenvalue weighted by Crippen LogP contribution is 2.26. The molecule has 2 unspecified atom stereocenters. The number of aromatic amines is 2. The molecule has 3 saturated heterocycles. The van der Waals surface area contributed by atoms with Gasteiger partial charge < -0.3 is 101 Å². The lowest BCUT2D eigenvalue weighted by atomic mass is 10.0. The molecule has 524 valence electrons. The number of benzene rings is 1. The van der Waals surface area contributed by atoms with Gasteiger partial charge in [-0.2, -0.15) is 0 Å². The minimum atomic E-state index is -1.79. The van der Waals surface area contributed by atoms with E-state index in [4.69, 9.17) is 17.2 Å². The molecule has 0 spiro atoms. The van der Waals surface area contributed by atoms with Crippen molar-refractivity contribution in [1.82, 2.24) is 83.3 Å². The molecule has 13 amide bonds. The molecule has 2 bridgehead atoms. The Hall–Kier alpha value is -8.50. The van der Waals surface area contributed by atoms with Crippen molar-refractivity contribution in [2.24, 2.45) is 17.2 Å².